The molecule has 0 amide bonds. The lowest BCUT2D eigenvalue weighted by Gasteiger charge is -2.32. The molecule has 0 saturated heterocycles. The molecule has 0 spiro atoms. The van der Waals surface area contributed by atoms with Crippen molar-refractivity contribution >= 4 is 5.69 Å². The number of benzene rings is 1. The van der Waals surface area contributed by atoms with Gasteiger partial charge < -0.3 is 15.8 Å². The molecule has 3 nitrogen and oxygen atoms in total. The molecule has 0 bridgehead atoms. The van der Waals surface area contributed by atoms with Crippen LogP contribution in [-0.2, 0) is 0 Å². The summed E-state index contributed by atoms with van der Waals surface area (Å²) in [5, 5.41) is 3.47. The highest BCUT2D eigenvalue weighted by atomic mass is 16.5. The van der Waals surface area contributed by atoms with Crippen molar-refractivity contribution in [2.75, 3.05) is 19.0 Å². The van der Waals surface area contributed by atoms with Crippen molar-refractivity contribution in [3.63, 3.8) is 0 Å². The van der Waals surface area contributed by atoms with E-state index < -0.39 is 0 Å². The fourth-order valence-corrected chi connectivity index (χ4v) is 2.30. The van der Waals surface area contributed by atoms with E-state index >= 15 is 0 Å². The molecule has 1 fully saturated rings. The van der Waals surface area contributed by atoms with Gasteiger partial charge >= 0.3 is 0 Å². The van der Waals surface area contributed by atoms with Gasteiger partial charge in [-0.25, -0.2) is 0 Å². The SMILES string of the molecule is COc1cc(C)c(C)cc1NCC1CC(N)C1. The molecule has 1 aromatic rings. The van der Waals surface area contributed by atoms with Crippen LogP contribution in [0.5, 0.6) is 5.75 Å². The number of nitrogens with one attached hydrogen (secondary N) is 1. The van der Waals surface area contributed by atoms with Crippen molar-refractivity contribution in [1.29, 1.82) is 0 Å². The summed E-state index contributed by atoms with van der Waals surface area (Å²) in [6.45, 7) is 5.22. The van der Waals surface area contributed by atoms with Gasteiger partial charge in [-0.05, 0) is 55.9 Å². The minimum Gasteiger partial charge on any atom is -0.495 e. The van der Waals surface area contributed by atoms with Gasteiger partial charge in [-0.1, -0.05) is 0 Å². The molecule has 1 aliphatic carbocycles. The quantitative estimate of drug-likeness (QED) is 0.841. The maximum Gasteiger partial charge on any atom is 0.142 e. The van der Waals surface area contributed by atoms with Gasteiger partial charge in [0.25, 0.3) is 0 Å². The molecule has 0 atom stereocenters. The summed E-state index contributed by atoms with van der Waals surface area (Å²) in [6, 6.07) is 4.67. The average Bonchev–Trinajstić information content (AvgIpc) is 2.27. The minimum atomic E-state index is 0.420. The minimum absolute atomic E-state index is 0.420. The molecule has 3 heteroatoms. The second-order valence-electron chi connectivity index (χ2n) is 5.12. The van der Waals surface area contributed by atoms with Gasteiger partial charge in [0.1, 0.15) is 5.75 Å². The summed E-state index contributed by atoms with van der Waals surface area (Å²) >= 11 is 0. The standard InChI is InChI=1S/C14H22N2O/c1-9-4-13(14(17-3)5-10(9)2)16-8-11-6-12(15)7-11/h4-5,11-12,16H,6-8,15H2,1-3H3. The van der Waals surface area contributed by atoms with Gasteiger partial charge in [0.2, 0.25) is 0 Å². The number of hydrogen-bond donors (Lipinski definition) is 2. The van der Waals surface area contributed by atoms with Crippen LogP contribution in [0, 0.1) is 19.8 Å². The average molecular weight is 234 g/mol. The first kappa shape index (κ1) is 12.2. The third-order valence-electron chi connectivity index (χ3n) is 3.67. The van der Waals surface area contributed by atoms with Crippen molar-refractivity contribution in [2.45, 2.75) is 32.7 Å². The Bertz CT molecular complexity index is 397. The Hall–Kier alpha value is -1.22. The molecule has 17 heavy (non-hydrogen) atoms. The van der Waals surface area contributed by atoms with E-state index in [4.69, 9.17) is 10.5 Å². The van der Waals surface area contributed by atoms with Crippen LogP contribution in [0.15, 0.2) is 12.1 Å². The molecular formula is C14H22N2O. The summed E-state index contributed by atoms with van der Waals surface area (Å²) < 4.78 is 5.40. The first-order valence-electron chi connectivity index (χ1n) is 6.25. The molecule has 0 radical (unpaired) electrons. The third kappa shape index (κ3) is 2.72. The number of nitrogens with two attached hydrogens (primary N) is 1. The fourth-order valence-electron chi connectivity index (χ4n) is 2.30. The van der Waals surface area contributed by atoms with Crippen molar-refractivity contribution < 1.29 is 4.74 Å². The highest BCUT2D eigenvalue weighted by Gasteiger charge is 2.25. The smallest absolute Gasteiger partial charge is 0.142 e. The first-order chi connectivity index (χ1) is 8.10. The zero-order valence-corrected chi connectivity index (χ0v) is 10.9. The molecule has 1 aromatic carbocycles. The number of ether oxygens (including phenoxy) is 1. The molecule has 1 aliphatic rings. The maximum atomic E-state index is 5.79. The van der Waals surface area contributed by atoms with Gasteiger partial charge in [0, 0.05) is 12.6 Å². The molecule has 1 saturated carbocycles. The Labute approximate surface area is 103 Å². The highest BCUT2D eigenvalue weighted by Crippen LogP contribution is 2.30. The summed E-state index contributed by atoms with van der Waals surface area (Å²) in [5.41, 5.74) is 9.43. The van der Waals surface area contributed by atoms with Crippen LogP contribution in [-0.4, -0.2) is 19.7 Å². The summed E-state index contributed by atoms with van der Waals surface area (Å²) in [7, 11) is 1.72. The van der Waals surface area contributed by atoms with Crippen LogP contribution in [0.3, 0.4) is 0 Å². The lowest BCUT2D eigenvalue weighted by atomic mass is 9.81. The Balaban J connectivity index is 2.01. The molecule has 2 rings (SSSR count). The Morgan fingerprint density at radius 2 is 1.94 bits per heavy atom. The second kappa shape index (κ2) is 4.96. The second-order valence-corrected chi connectivity index (χ2v) is 5.12. The van der Waals surface area contributed by atoms with Gasteiger partial charge in [-0.3, -0.25) is 0 Å². The van der Waals surface area contributed by atoms with E-state index in [0.717, 1.165) is 36.7 Å². The first-order valence-corrected chi connectivity index (χ1v) is 6.25. The predicted molar refractivity (Wildman–Crippen MR) is 71.7 cm³/mol. The van der Waals surface area contributed by atoms with Gasteiger partial charge in [0.15, 0.2) is 0 Å². The molecule has 0 unspecified atom stereocenters. The van der Waals surface area contributed by atoms with Crippen molar-refractivity contribution in [1.82, 2.24) is 0 Å². The predicted octanol–water partition coefficient (Wildman–Crippen LogP) is 2.46. The van der Waals surface area contributed by atoms with E-state index in [9.17, 15) is 0 Å². The zero-order chi connectivity index (χ0) is 12.4. The van der Waals surface area contributed by atoms with Gasteiger partial charge in [-0.2, -0.15) is 0 Å². The molecule has 0 heterocycles. The van der Waals surface area contributed by atoms with Crippen LogP contribution < -0.4 is 15.8 Å². The van der Waals surface area contributed by atoms with Gasteiger partial charge in [-0.15, -0.1) is 0 Å². The number of methoxy groups -OCH3 is 1. The topological polar surface area (TPSA) is 47.3 Å². The molecule has 0 aromatic heterocycles. The third-order valence-corrected chi connectivity index (χ3v) is 3.67. The Morgan fingerprint density at radius 1 is 1.29 bits per heavy atom. The van der Waals surface area contributed by atoms with Crippen LogP contribution in [0.25, 0.3) is 0 Å². The number of aryl methyl sites for hydroxylation is 2. The van der Waals surface area contributed by atoms with Crippen LogP contribution in [0.1, 0.15) is 24.0 Å². The van der Waals surface area contributed by atoms with E-state index in [1.807, 2.05) is 0 Å². The van der Waals surface area contributed by atoms with E-state index in [0.29, 0.717) is 6.04 Å². The van der Waals surface area contributed by atoms with E-state index in [1.165, 1.54) is 11.1 Å². The largest absolute Gasteiger partial charge is 0.495 e. The van der Waals surface area contributed by atoms with E-state index in [-0.39, 0.29) is 0 Å². The van der Waals surface area contributed by atoms with Crippen molar-refractivity contribution in [3.05, 3.63) is 23.3 Å². The number of rotatable bonds is 4. The zero-order valence-electron chi connectivity index (χ0n) is 10.9. The maximum absolute atomic E-state index is 5.79. The Morgan fingerprint density at radius 3 is 2.53 bits per heavy atom. The molecule has 94 valence electrons. The number of hydrogen-bond acceptors (Lipinski definition) is 3. The van der Waals surface area contributed by atoms with Crippen molar-refractivity contribution in [2.24, 2.45) is 11.7 Å². The van der Waals surface area contributed by atoms with E-state index in [1.54, 1.807) is 7.11 Å². The summed E-state index contributed by atoms with van der Waals surface area (Å²) in [5.74, 6) is 1.65. The number of anilines is 1. The van der Waals surface area contributed by atoms with Crippen LogP contribution in [0.2, 0.25) is 0 Å². The lowest BCUT2D eigenvalue weighted by molar-refractivity contribution is 0.280. The van der Waals surface area contributed by atoms with Crippen LogP contribution in [0.4, 0.5) is 5.69 Å². The monoisotopic (exact) mass is 234 g/mol. The normalized spacial score (nSPS) is 23.1. The molecular weight excluding hydrogens is 212 g/mol. The van der Waals surface area contributed by atoms with Crippen molar-refractivity contribution in [3.8, 4) is 5.75 Å². The van der Waals surface area contributed by atoms with E-state index in [2.05, 4.69) is 31.3 Å². The molecule has 3 N–H and O–H groups in total. The van der Waals surface area contributed by atoms with Gasteiger partial charge in [0.05, 0.1) is 12.8 Å². The van der Waals surface area contributed by atoms with Crippen LogP contribution >= 0.6 is 0 Å². The lowest BCUT2D eigenvalue weighted by Crippen LogP contribution is -2.39. The summed E-state index contributed by atoms with van der Waals surface area (Å²) in [6.07, 6.45) is 2.28. The molecule has 0 aliphatic heterocycles. The summed E-state index contributed by atoms with van der Waals surface area (Å²) in [4.78, 5) is 0. The Kier molecular flexibility index (Phi) is 3.57. The highest BCUT2D eigenvalue weighted by molar-refractivity contribution is 5.60. The fraction of sp³-hybridized carbons (Fsp3) is 0.571.